The van der Waals surface area contributed by atoms with Crippen LogP contribution < -0.4 is 5.73 Å². The number of hydrogen-bond acceptors (Lipinski definition) is 1. The Kier molecular flexibility index (Phi) is 3.82. The highest BCUT2D eigenvalue weighted by molar-refractivity contribution is 5.18. The third kappa shape index (κ3) is 2.68. The van der Waals surface area contributed by atoms with E-state index in [0.29, 0.717) is 5.41 Å². The van der Waals surface area contributed by atoms with E-state index in [4.69, 9.17) is 5.73 Å². The molecule has 0 saturated heterocycles. The fourth-order valence-corrected chi connectivity index (χ4v) is 3.20. The maximum atomic E-state index is 13.1. The Hall–Kier alpha value is -0.890. The minimum Gasteiger partial charge on any atom is -0.327 e. The lowest BCUT2D eigenvalue weighted by Crippen LogP contribution is -2.41. The Balaban J connectivity index is 2.07. The van der Waals surface area contributed by atoms with Crippen molar-refractivity contribution in [3.8, 4) is 0 Å². The van der Waals surface area contributed by atoms with E-state index < -0.39 is 0 Å². The third-order valence-corrected chi connectivity index (χ3v) is 4.43. The van der Waals surface area contributed by atoms with Gasteiger partial charge in [0.1, 0.15) is 5.82 Å². The molecule has 1 nitrogen and oxygen atoms in total. The molecular formula is C15H22FN. The van der Waals surface area contributed by atoms with Gasteiger partial charge in [0.05, 0.1) is 0 Å². The molecule has 0 aliphatic heterocycles. The van der Waals surface area contributed by atoms with Crippen LogP contribution in [-0.2, 0) is 6.42 Å². The van der Waals surface area contributed by atoms with Crippen LogP contribution in [0.1, 0.15) is 44.6 Å². The molecule has 1 unspecified atom stereocenters. The van der Waals surface area contributed by atoms with Crippen molar-refractivity contribution in [3.05, 3.63) is 35.6 Å². The van der Waals surface area contributed by atoms with Crippen LogP contribution in [-0.4, -0.2) is 6.04 Å². The van der Waals surface area contributed by atoms with Crippen molar-refractivity contribution in [1.29, 1.82) is 0 Å². The molecule has 0 aromatic heterocycles. The minimum atomic E-state index is -0.160. The second-order valence-corrected chi connectivity index (χ2v) is 5.36. The molecule has 0 radical (unpaired) electrons. The second kappa shape index (κ2) is 5.18. The van der Waals surface area contributed by atoms with Crippen molar-refractivity contribution in [3.63, 3.8) is 0 Å². The molecule has 1 atom stereocenters. The summed E-state index contributed by atoms with van der Waals surface area (Å²) in [5.41, 5.74) is 7.71. The Labute approximate surface area is 103 Å². The van der Waals surface area contributed by atoms with Crippen molar-refractivity contribution in [1.82, 2.24) is 0 Å². The molecule has 94 valence electrons. The monoisotopic (exact) mass is 235 g/mol. The van der Waals surface area contributed by atoms with Crippen LogP contribution in [0.15, 0.2) is 24.3 Å². The molecule has 0 heterocycles. The van der Waals surface area contributed by atoms with Gasteiger partial charge in [-0.1, -0.05) is 31.9 Å². The van der Waals surface area contributed by atoms with Gasteiger partial charge in [-0.3, -0.25) is 0 Å². The Morgan fingerprint density at radius 3 is 2.65 bits per heavy atom. The van der Waals surface area contributed by atoms with E-state index in [0.717, 1.165) is 18.4 Å². The van der Waals surface area contributed by atoms with Gasteiger partial charge in [-0.15, -0.1) is 0 Å². The third-order valence-electron chi connectivity index (χ3n) is 4.43. The average Bonchev–Trinajstić information content (AvgIpc) is 2.78. The molecule has 0 bridgehead atoms. The van der Waals surface area contributed by atoms with Gasteiger partial charge in [0.25, 0.3) is 0 Å². The van der Waals surface area contributed by atoms with Gasteiger partial charge in [-0.05, 0) is 48.8 Å². The summed E-state index contributed by atoms with van der Waals surface area (Å²) >= 11 is 0. The summed E-state index contributed by atoms with van der Waals surface area (Å²) in [7, 11) is 0. The molecule has 1 aromatic carbocycles. The summed E-state index contributed by atoms with van der Waals surface area (Å²) in [6.45, 7) is 2.23. The lowest BCUT2D eigenvalue weighted by molar-refractivity contribution is 0.218. The summed E-state index contributed by atoms with van der Waals surface area (Å²) < 4.78 is 13.1. The summed E-state index contributed by atoms with van der Waals surface area (Å²) in [6.07, 6.45) is 7.00. The zero-order valence-electron chi connectivity index (χ0n) is 10.6. The SMILES string of the molecule is CCC1(C(N)Cc2cccc(F)c2)CCCC1. The van der Waals surface area contributed by atoms with Crippen LogP contribution in [0.5, 0.6) is 0 Å². The number of nitrogens with two attached hydrogens (primary N) is 1. The van der Waals surface area contributed by atoms with Crippen molar-refractivity contribution in [2.45, 2.75) is 51.5 Å². The zero-order valence-corrected chi connectivity index (χ0v) is 10.6. The Morgan fingerprint density at radius 1 is 1.35 bits per heavy atom. The van der Waals surface area contributed by atoms with Gasteiger partial charge in [0.2, 0.25) is 0 Å². The predicted molar refractivity (Wildman–Crippen MR) is 69.3 cm³/mol. The standard InChI is InChI=1S/C15H22FN/c1-2-15(8-3-4-9-15)14(17)11-12-6-5-7-13(16)10-12/h5-7,10,14H,2-4,8-9,11,17H2,1H3. The molecule has 1 fully saturated rings. The van der Waals surface area contributed by atoms with E-state index in [2.05, 4.69) is 6.92 Å². The van der Waals surface area contributed by atoms with Gasteiger partial charge in [-0.25, -0.2) is 4.39 Å². The van der Waals surface area contributed by atoms with E-state index in [1.165, 1.54) is 31.7 Å². The summed E-state index contributed by atoms with van der Waals surface area (Å²) in [4.78, 5) is 0. The normalized spacial score (nSPS) is 20.4. The summed E-state index contributed by atoms with van der Waals surface area (Å²) in [6, 6.07) is 7.00. The highest BCUT2D eigenvalue weighted by Crippen LogP contribution is 2.43. The van der Waals surface area contributed by atoms with Gasteiger partial charge in [0, 0.05) is 6.04 Å². The Bertz CT molecular complexity index is 369. The van der Waals surface area contributed by atoms with Crippen LogP contribution in [0.2, 0.25) is 0 Å². The largest absolute Gasteiger partial charge is 0.327 e. The first-order valence-electron chi connectivity index (χ1n) is 6.66. The zero-order chi connectivity index (χ0) is 12.3. The molecule has 1 aliphatic rings. The molecule has 0 amide bonds. The second-order valence-electron chi connectivity index (χ2n) is 5.36. The van der Waals surface area contributed by atoms with Crippen molar-refractivity contribution in [2.24, 2.45) is 11.1 Å². The molecule has 2 rings (SSSR count). The molecule has 0 spiro atoms. The molecule has 1 aliphatic carbocycles. The topological polar surface area (TPSA) is 26.0 Å². The number of benzene rings is 1. The van der Waals surface area contributed by atoms with Crippen LogP contribution in [0.4, 0.5) is 4.39 Å². The van der Waals surface area contributed by atoms with Crippen LogP contribution in [0, 0.1) is 11.2 Å². The first-order chi connectivity index (χ1) is 8.16. The summed E-state index contributed by atoms with van der Waals surface area (Å²) in [5, 5.41) is 0. The molecular weight excluding hydrogens is 213 g/mol. The quantitative estimate of drug-likeness (QED) is 0.846. The van der Waals surface area contributed by atoms with Crippen LogP contribution in [0.25, 0.3) is 0 Å². The summed E-state index contributed by atoms with van der Waals surface area (Å²) in [5.74, 6) is -0.160. The lowest BCUT2D eigenvalue weighted by atomic mass is 9.74. The molecule has 1 saturated carbocycles. The van der Waals surface area contributed by atoms with Gasteiger partial charge in [-0.2, -0.15) is 0 Å². The first kappa shape index (κ1) is 12.6. The predicted octanol–water partition coefficient (Wildman–Crippen LogP) is 3.67. The van der Waals surface area contributed by atoms with Gasteiger partial charge >= 0.3 is 0 Å². The van der Waals surface area contributed by atoms with Crippen molar-refractivity contribution >= 4 is 0 Å². The van der Waals surface area contributed by atoms with E-state index in [1.807, 2.05) is 6.07 Å². The first-order valence-corrected chi connectivity index (χ1v) is 6.66. The minimum absolute atomic E-state index is 0.160. The average molecular weight is 235 g/mol. The van der Waals surface area contributed by atoms with Gasteiger partial charge < -0.3 is 5.73 Å². The van der Waals surface area contributed by atoms with E-state index in [-0.39, 0.29) is 11.9 Å². The number of halogens is 1. The maximum Gasteiger partial charge on any atom is 0.123 e. The van der Waals surface area contributed by atoms with E-state index in [1.54, 1.807) is 12.1 Å². The maximum absolute atomic E-state index is 13.1. The Morgan fingerprint density at radius 2 is 2.06 bits per heavy atom. The van der Waals surface area contributed by atoms with Crippen LogP contribution in [0.3, 0.4) is 0 Å². The smallest absolute Gasteiger partial charge is 0.123 e. The highest BCUT2D eigenvalue weighted by Gasteiger charge is 2.37. The van der Waals surface area contributed by atoms with Crippen molar-refractivity contribution < 1.29 is 4.39 Å². The van der Waals surface area contributed by atoms with Gasteiger partial charge in [0.15, 0.2) is 0 Å². The lowest BCUT2D eigenvalue weighted by Gasteiger charge is -2.34. The molecule has 2 heteroatoms. The molecule has 2 N–H and O–H groups in total. The van der Waals surface area contributed by atoms with E-state index >= 15 is 0 Å². The molecule has 1 aromatic rings. The molecule has 17 heavy (non-hydrogen) atoms. The fraction of sp³-hybridized carbons (Fsp3) is 0.600. The number of hydrogen-bond donors (Lipinski definition) is 1. The van der Waals surface area contributed by atoms with Crippen LogP contribution >= 0.6 is 0 Å². The fourth-order valence-electron chi connectivity index (χ4n) is 3.20. The van der Waals surface area contributed by atoms with E-state index in [9.17, 15) is 4.39 Å². The highest BCUT2D eigenvalue weighted by atomic mass is 19.1. The van der Waals surface area contributed by atoms with Crippen molar-refractivity contribution in [2.75, 3.05) is 0 Å². The number of rotatable bonds is 4.